The Morgan fingerprint density at radius 1 is 0.880 bits per heavy atom. The Labute approximate surface area is 147 Å². The van der Waals surface area contributed by atoms with Gasteiger partial charge in [-0.1, -0.05) is 20.8 Å². The van der Waals surface area contributed by atoms with Gasteiger partial charge in [0.2, 0.25) is 5.91 Å². The van der Waals surface area contributed by atoms with Gasteiger partial charge >= 0.3 is 17.9 Å². The Morgan fingerprint density at radius 3 is 1.68 bits per heavy atom. The highest BCUT2D eigenvalue weighted by molar-refractivity contribution is 5.96. The number of carbonyl (C=O) groups excluding carboxylic acids is 4. The molecule has 0 rings (SSSR count). The van der Waals surface area contributed by atoms with Crippen LogP contribution in [0, 0.1) is 17.8 Å². The van der Waals surface area contributed by atoms with Crippen LogP contribution in [-0.2, 0) is 33.4 Å². The first-order chi connectivity index (χ1) is 11.6. The third kappa shape index (κ3) is 6.69. The van der Waals surface area contributed by atoms with E-state index in [9.17, 15) is 24.3 Å². The van der Waals surface area contributed by atoms with Crippen LogP contribution in [0.4, 0.5) is 0 Å². The number of nitrogens with one attached hydrogen (secondary N) is 1. The lowest BCUT2D eigenvalue weighted by atomic mass is 9.87. The standard InChI is InChI=1S/C16H27NO8/c1-8(2)7-10(18)13(19)17-12(16(22)25-6)9(3)11(14(20)23-4)15(21)24-5/h8-12,18H,7H2,1-6H3,(H,17,19)/t9-,10+,12-/m1/s1. The summed E-state index contributed by atoms with van der Waals surface area (Å²) in [7, 11) is 3.27. The van der Waals surface area contributed by atoms with Crippen LogP contribution in [-0.4, -0.2) is 62.4 Å². The molecule has 0 aliphatic rings. The van der Waals surface area contributed by atoms with Crippen molar-refractivity contribution >= 4 is 23.8 Å². The number of ether oxygens (including phenoxy) is 3. The lowest BCUT2D eigenvalue weighted by molar-refractivity contribution is -0.163. The van der Waals surface area contributed by atoms with Crippen LogP contribution in [0.5, 0.6) is 0 Å². The fourth-order valence-electron chi connectivity index (χ4n) is 2.31. The average molecular weight is 361 g/mol. The molecule has 0 saturated carbocycles. The molecule has 25 heavy (non-hydrogen) atoms. The summed E-state index contributed by atoms with van der Waals surface area (Å²) in [5.74, 6) is -5.91. The summed E-state index contributed by atoms with van der Waals surface area (Å²) in [5.41, 5.74) is 0. The maximum atomic E-state index is 12.1. The molecule has 0 unspecified atom stereocenters. The Hall–Kier alpha value is -2.16. The second kappa shape index (κ2) is 10.7. The topological polar surface area (TPSA) is 128 Å². The van der Waals surface area contributed by atoms with Gasteiger partial charge in [0.05, 0.1) is 21.3 Å². The third-order valence-electron chi connectivity index (χ3n) is 3.71. The predicted octanol–water partition coefficient (Wildman–Crippen LogP) is -0.350. The Bertz CT molecular complexity index is 475. The largest absolute Gasteiger partial charge is 0.468 e. The van der Waals surface area contributed by atoms with E-state index in [4.69, 9.17) is 0 Å². The first-order valence-electron chi connectivity index (χ1n) is 7.82. The zero-order chi connectivity index (χ0) is 19.7. The number of hydrogen-bond acceptors (Lipinski definition) is 8. The molecular formula is C16H27NO8. The van der Waals surface area contributed by atoms with Crippen LogP contribution in [0.15, 0.2) is 0 Å². The lowest BCUT2D eigenvalue weighted by Gasteiger charge is -2.27. The molecule has 0 aliphatic carbocycles. The number of esters is 3. The summed E-state index contributed by atoms with van der Waals surface area (Å²) in [6.07, 6.45) is -1.15. The molecule has 2 N–H and O–H groups in total. The van der Waals surface area contributed by atoms with Gasteiger partial charge in [-0.25, -0.2) is 4.79 Å². The van der Waals surface area contributed by atoms with Crippen molar-refractivity contribution in [3.05, 3.63) is 0 Å². The van der Waals surface area contributed by atoms with E-state index in [2.05, 4.69) is 19.5 Å². The van der Waals surface area contributed by atoms with E-state index in [1.165, 1.54) is 6.92 Å². The van der Waals surface area contributed by atoms with Gasteiger partial charge in [-0.15, -0.1) is 0 Å². The van der Waals surface area contributed by atoms with Crippen LogP contribution < -0.4 is 5.32 Å². The number of methoxy groups -OCH3 is 3. The SMILES string of the molecule is COC(=O)C(C(=O)OC)[C@@H](C)[C@@H](NC(=O)[C@@H](O)CC(C)C)C(=O)OC. The molecule has 0 aromatic heterocycles. The number of hydrogen-bond donors (Lipinski definition) is 2. The molecule has 0 radical (unpaired) electrons. The third-order valence-corrected chi connectivity index (χ3v) is 3.71. The summed E-state index contributed by atoms with van der Waals surface area (Å²) >= 11 is 0. The van der Waals surface area contributed by atoms with E-state index >= 15 is 0 Å². The van der Waals surface area contributed by atoms with E-state index in [1.807, 2.05) is 13.8 Å². The number of amides is 1. The minimum Gasteiger partial charge on any atom is -0.468 e. The molecule has 0 aromatic rings. The van der Waals surface area contributed by atoms with Crippen molar-refractivity contribution in [1.82, 2.24) is 5.32 Å². The number of aliphatic hydroxyl groups is 1. The van der Waals surface area contributed by atoms with Gasteiger partial charge < -0.3 is 24.6 Å². The summed E-state index contributed by atoms with van der Waals surface area (Å²) in [4.78, 5) is 47.9. The van der Waals surface area contributed by atoms with Crippen LogP contribution in [0.3, 0.4) is 0 Å². The first kappa shape index (κ1) is 22.8. The van der Waals surface area contributed by atoms with Gasteiger partial charge in [0.25, 0.3) is 0 Å². The van der Waals surface area contributed by atoms with Crippen LogP contribution in [0.2, 0.25) is 0 Å². The number of rotatable bonds is 9. The molecule has 9 nitrogen and oxygen atoms in total. The average Bonchev–Trinajstić information content (AvgIpc) is 2.57. The number of aliphatic hydroxyl groups excluding tert-OH is 1. The molecule has 0 spiro atoms. The van der Waals surface area contributed by atoms with Crippen LogP contribution in [0.25, 0.3) is 0 Å². The van der Waals surface area contributed by atoms with Crippen molar-refractivity contribution in [2.45, 2.75) is 39.3 Å². The van der Waals surface area contributed by atoms with E-state index in [0.717, 1.165) is 21.3 Å². The van der Waals surface area contributed by atoms with E-state index in [-0.39, 0.29) is 12.3 Å². The van der Waals surface area contributed by atoms with Crippen molar-refractivity contribution in [2.24, 2.45) is 17.8 Å². The highest BCUT2D eigenvalue weighted by Crippen LogP contribution is 2.21. The first-order valence-corrected chi connectivity index (χ1v) is 7.82. The van der Waals surface area contributed by atoms with Crippen LogP contribution >= 0.6 is 0 Å². The maximum absolute atomic E-state index is 12.1. The summed E-state index contributed by atoms with van der Waals surface area (Å²) in [5, 5.41) is 12.2. The second-order valence-electron chi connectivity index (χ2n) is 6.04. The molecule has 1 amide bonds. The van der Waals surface area contributed by atoms with Gasteiger partial charge in [0.15, 0.2) is 5.92 Å². The Morgan fingerprint density at radius 2 is 1.32 bits per heavy atom. The minimum atomic E-state index is -1.44. The fraction of sp³-hybridized carbons (Fsp3) is 0.750. The lowest BCUT2D eigenvalue weighted by Crippen LogP contribution is -2.53. The molecule has 0 fully saturated rings. The molecule has 0 bridgehead atoms. The van der Waals surface area contributed by atoms with E-state index in [1.54, 1.807) is 0 Å². The van der Waals surface area contributed by atoms with Crippen molar-refractivity contribution in [3.63, 3.8) is 0 Å². The molecule has 0 aromatic carbocycles. The summed E-state index contributed by atoms with van der Waals surface area (Å²) in [6, 6.07) is -1.34. The second-order valence-corrected chi connectivity index (χ2v) is 6.04. The van der Waals surface area contributed by atoms with Gasteiger partial charge in [-0.05, 0) is 12.3 Å². The molecule has 0 heterocycles. The van der Waals surface area contributed by atoms with E-state index in [0.29, 0.717) is 0 Å². The molecular weight excluding hydrogens is 334 g/mol. The van der Waals surface area contributed by atoms with Crippen molar-refractivity contribution in [2.75, 3.05) is 21.3 Å². The van der Waals surface area contributed by atoms with Gasteiger partial charge in [-0.3, -0.25) is 14.4 Å². The zero-order valence-corrected chi connectivity index (χ0v) is 15.4. The molecule has 9 heteroatoms. The molecule has 3 atom stereocenters. The highest BCUT2D eigenvalue weighted by Gasteiger charge is 2.42. The Balaban J connectivity index is 5.48. The predicted molar refractivity (Wildman–Crippen MR) is 86.1 cm³/mol. The molecule has 0 aliphatic heterocycles. The highest BCUT2D eigenvalue weighted by atomic mass is 16.5. The van der Waals surface area contributed by atoms with Crippen molar-refractivity contribution in [1.29, 1.82) is 0 Å². The zero-order valence-electron chi connectivity index (χ0n) is 15.4. The maximum Gasteiger partial charge on any atom is 0.328 e. The van der Waals surface area contributed by atoms with Crippen LogP contribution in [0.1, 0.15) is 27.2 Å². The summed E-state index contributed by atoms with van der Waals surface area (Å²) in [6.45, 7) is 5.04. The normalized spacial score (nSPS) is 14.4. The molecule has 144 valence electrons. The fourth-order valence-corrected chi connectivity index (χ4v) is 2.31. The summed E-state index contributed by atoms with van der Waals surface area (Å²) < 4.78 is 13.8. The van der Waals surface area contributed by atoms with Gasteiger partial charge in [-0.2, -0.15) is 0 Å². The quantitative estimate of drug-likeness (QED) is 0.324. The molecule has 0 saturated heterocycles. The monoisotopic (exact) mass is 361 g/mol. The number of carbonyl (C=O) groups is 4. The minimum absolute atomic E-state index is 0.0487. The van der Waals surface area contributed by atoms with Gasteiger partial charge in [0, 0.05) is 5.92 Å². The van der Waals surface area contributed by atoms with Gasteiger partial charge in [0.1, 0.15) is 12.1 Å². The van der Waals surface area contributed by atoms with Crippen molar-refractivity contribution < 1.29 is 38.5 Å². The van der Waals surface area contributed by atoms with Crippen molar-refractivity contribution in [3.8, 4) is 0 Å². The Kier molecular flexibility index (Phi) is 9.73. The van der Waals surface area contributed by atoms with E-state index < -0.39 is 47.8 Å². The smallest absolute Gasteiger partial charge is 0.328 e.